The van der Waals surface area contributed by atoms with Gasteiger partial charge in [-0.05, 0) is 80.6 Å². The lowest BCUT2D eigenvalue weighted by Crippen LogP contribution is -2.47. The summed E-state index contributed by atoms with van der Waals surface area (Å²) in [6.07, 6.45) is 7.18. The lowest BCUT2D eigenvalue weighted by atomic mass is 9.74. The molecule has 1 aliphatic carbocycles. The summed E-state index contributed by atoms with van der Waals surface area (Å²) >= 11 is 6.33. The number of fused-ring (bicyclic) bond motifs is 2. The van der Waals surface area contributed by atoms with Gasteiger partial charge in [0.2, 0.25) is 0 Å². The van der Waals surface area contributed by atoms with Crippen molar-refractivity contribution in [3.63, 3.8) is 0 Å². The Morgan fingerprint density at radius 2 is 1.74 bits per heavy atom. The van der Waals surface area contributed by atoms with Crippen LogP contribution >= 0.6 is 11.6 Å². The summed E-state index contributed by atoms with van der Waals surface area (Å²) in [4.78, 5) is 17.4. The van der Waals surface area contributed by atoms with E-state index < -0.39 is 23.1 Å². The molecule has 2 heterocycles. The zero-order valence-electron chi connectivity index (χ0n) is 17.5. The zero-order chi connectivity index (χ0) is 21.6. The van der Waals surface area contributed by atoms with Gasteiger partial charge in [-0.15, -0.1) is 0 Å². The normalized spacial score (nSPS) is 21.1. The molecule has 1 spiro atoms. The van der Waals surface area contributed by atoms with Gasteiger partial charge < -0.3 is 9.80 Å². The Hall–Kier alpha value is -1.98. The van der Waals surface area contributed by atoms with Gasteiger partial charge in [-0.2, -0.15) is 0 Å². The second kappa shape index (κ2) is 8.18. The van der Waals surface area contributed by atoms with E-state index in [0.717, 1.165) is 61.8 Å². The lowest BCUT2D eigenvalue weighted by molar-refractivity contribution is 0.0965. The number of anilines is 1. The largest absolute Gasteiger partial charge is 0.307 e. The van der Waals surface area contributed by atoms with E-state index in [-0.39, 0.29) is 5.41 Å². The minimum atomic E-state index is -0.826. The summed E-state index contributed by atoms with van der Waals surface area (Å²) in [6.45, 7) is 3.53. The fraction of sp³-hybridized carbons (Fsp3) is 0.480. The molecule has 6 heteroatoms. The van der Waals surface area contributed by atoms with E-state index in [4.69, 9.17) is 11.6 Å². The topological polar surface area (TPSA) is 23.6 Å². The van der Waals surface area contributed by atoms with Crippen molar-refractivity contribution in [1.82, 2.24) is 4.90 Å². The Bertz CT molecular complexity index is 977. The standard InChI is InChI=1S/C25H27ClF2N2O/c26-18-8-9-22-19(14-18)25(10-12-29(13-11-25)15-17-4-1-2-5-17)16-30(22)24(31)23-20(27)6-3-7-21(23)28/h3,6-9,14,17H,1-2,4-5,10-13,15-16H2. The summed E-state index contributed by atoms with van der Waals surface area (Å²) in [5.74, 6) is -1.47. The van der Waals surface area contributed by atoms with Crippen LogP contribution in [0.15, 0.2) is 36.4 Å². The molecule has 1 amide bonds. The summed E-state index contributed by atoms with van der Waals surface area (Å²) < 4.78 is 28.7. The lowest BCUT2D eigenvalue weighted by Gasteiger charge is -2.40. The maximum absolute atomic E-state index is 14.4. The molecule has 3 aliphatic rings. The molecule has 2 aromatic carbocycles. The number of benzene rings is 2. The Kier molecular flexibility index (Phi) is 5.51. The molecule has 164 valence electrons. The molecule has 1 saturated carbocycles. The monoisotopic (exact) mass is 444 g/mol. The minimum absolute atomic E-state index is 0.218. The average Bonchev–Trinajstić information content (AvgIpc) is 3.36. The van der Waals surface area contributed by atoms with Crippen LogP contribution in [0, 0.1) is 17.6 Å². The van der Waals surface area contributed by atoms with Crippen LogP contribution in [0.25, 0.3) is 0 Å². The number of halogens is 3. The van der Waals surface area contributed by atoms with Crippen LogP contribution in [0.2, 0.25) is 5.02 Å². The molecule has 0 atom stereocenters. The third-order valence-electron chi connectivity index (χ3n) is 7.51. The number of carbonyl (C=O) groups is 1. The van der Waals surface area contributed by atoms with Crippen molar-refractivity contribution in [2.24, 2.45) is 5.92 Å². The van der Waals surface area contributed by atoms with E-state index in [0.29, 0.717) is 11.6 Å². The van der Waals surface area contributed by atoms with Crippen molar-refractivity contribution in [1.29, 1.82) is 0 Å². The van der Waals surface area contributed by atoms with Gasteiger partial charge in [0.1, 0.15) is 17.2 Å². The number of likely N-dealkylation sites (tertiary alicyclic amines) is 1. The maximum atomic E-state index is 14.4. The van der Waals surface area contributed by atoms with Crippen LogP contribution in [-0.2, 0) is 5.41 Å². The van der Waals surface area contributed by atoms with Gasteiger partial charge >= 0.3 is 0 Å². The molecule has 0 unspecified atom stereocenters. The van der Waals surface area contributed by atoms with E-state index in [1.165, 1.54) is 31.7 Å². The van der Waals surface area contributed by atoms with Crippen molar-refractivity contribution < 1.29 is 13.6 Å². The molecule has 3 nitrogen and oxygen atoms in total. The van der Waals surface area contributed by atoms with Crippen molar-refractivity contribution in [3.8, 4) is 0 Å². The Balaban J connectivity index is 1.42. The Morgan fingerprint density at radius 1 is 1.06 bits per heavy atom. The first-order valence-electron chi connectivity index (χ1n) is 11.3. The smallest absolute Gasteiger partial charge is 0.264 e. The SMILES string of the molecule is O=C(c1c(F)cccc1F)N1CC2(CCN(CC3CCCC3)CC2)c2cc(Cl)ccc21. The van der Waals surface area contributed by atoms with E-state index >= 15 is 0 Å². The Morgan fingerprint density at radius 3 is 2.42 bits per heavy atom. The van der Waals surface area contributed by atoms with Gasteiger partial charge in [-0.25, -0.2) is 8.78 Å². The van der Waals surface area contributed by atoms with Gasteiger partial charge in [0.15, 0.2) is 0 Å². The second-order valence-corrected chi connectivity index (χ2v) is 9.82. The van der Waals surface area contributed by atoms with Crippen molar-refractivity contribution in [2.75, 3.05) is 31.1 Å². The van der Waals surface area contributed by atoms with E-state index in [1.54, 1.807) is 11.0 Å². The van der Waals surface area contributed by atoms with Gasteiger partial charge in [-0.1, -0.05) is 30.5 Å². The maximum Gasteiger partial charge on any atom is 0.264 e. The highest BCUT2D eigenvalue weighted by atomic mass is 35.5. The molecular weight excluding hydrogens is 418 g/mol. The molecule has 0 radical (unpaired) electrons. The molecule has 0 N–H and O–H groups in total. The first kappa shape index (κ1) is 20.9. The number of nitrogens with zero attached hydrogens (tertiary/aromatic N) is 2. The highest BCUT2D eigenvalue weighted by Gasteiger charge is 2.47. The third-order valence-corrected chi connectivity index (χ3v) is 7.74. The quantitative estimate of drug-likeness (QED) is 0.597. The molecule has 2 aromatic rings. The summed E-state index contributed by atoms with van der Waals surface area (Å²) in [7, 11) is 0. The van der Waals surface area contributed by atoms with E-state index in [2.05, 4.69) is 4.90 Å². The van der Waals surface area contributed by atoms with Crippen LogP contribution in [0.3, 0.4) is 0 Å². The predicted octanol–water partition coefficient (Wildman–Crippen LogP) is 5.80. The summed E-state index contributed by atoms with van der Waals surface area (Å²) in [5, 5.41) is 0.623. The molecule has 1 saturated heterocycles. The summed E-state index contributed by atoms with van der Waals surface area (Å²) in [5.41, 5.74) is 1.05. The number of amides is 1. The third kappa shape index (κ3) is 3.76. The molecule has 0 bridgehead atoms. The fourth-order valence-electron chi connectivity index (χ4n) is 5.81. The van der Waals surface area contributed by atoms with Crippen molar-refractivity contribution >= 4 is 23.2 Å². The van der Waals surface area contributed by atoms with E-state index in [9.17, 15) is 13.6 Å². The predicted molar refractivity (Wildman–Crippen MR) is 119 cm³/mol. The van der Waals surface area contributed by atoms with Crippen LogP contribution in [0.5, 0.6) is 0 Å². The van der Waals surface area contributed by atoms with Gasteiger partial charge in [0, 0.05) is 29.2 Å². The van der Waals surface area contributed by atoms with Gasteiger partial charge in [-0.3, -0.25) is 4.79 Å². The molecule has 2 fully saturated rings. The Labute approximate surface area is 187 Å². The minimum Gasteiger partial charge on any atom is -0.307 e. The van der Waals surface area contributed by atoms with Crippen LogP contribution < -0.4 is 4.90 Å². The first-order valence-corrected chi connectivity index (χ1v) is 11.6. The molecule has 0 aromatic heterocycles. The molecule has 5 rings (SSSR count). The highest BCUT2D eigenvalue weighted by Crippen LogP contribution is 2.48. The van der Waals surface area contributed by atoms with Gasteiger partial charge in [0.05, 0.1) is 0 Å². The first-order chi connectivity index (χ1) is 15.0. The van der Waals surface area contributed by atoms with Gasteiger partial charge in [0.25, 0.3) is 5.91 Å². The van der Waals surface area contributed by atoms with Crippen LogP contribution in [-0.4, -0.2) is 37.0 Å². The number of hydrogen-bond acceptors (Lipinski definition) is 2. The molecular formula is C25H27ClF2N2O. The van der Waals surface area contributed by atoms with Crippen LogP contribution in [0.1, 0.15) is 54.4 Å². The second-order valence-electron chi connectivity index (χ2n) is 9.38. The average molecular weight is 445 g/mol. The van der Waals surface area contributed by atoms with Crippen molar-refractivity contribution in [3.05, 3.63) is 64.2 Å². The van der Waals surface area contributed by atoms with Crippen molar-refractivity contribution in [2.45, 2.75) is 43.9 Å². The van der Waals surface area contributed by atoms with Crippen LogP contribution in [0.4, 0.5) is 14.5 Å². The highest BCUT2D eigenvalue weighted by molar-refractivity contribution is 6.30. The number of hydrogen-bond donors (Lipinski definition) is 0. The number of rotatable bonds is 3. The fourth-order valence-corrected chi connectivity index (χ4v) is 5.98. The zero-order valence-corrected chi connectivity index (χ0v) is 18.3. The molecule has 31 heavy (non-hydrogen) atoms. The molecule has 2 aliphatic heterocycles. The number of piperidine rings is 1. The summed E-state index contributed by atoms with van der Waals surface area (Å²) in [6, 6.07) is 9.04. The number of carbonyl (C=O) groups excluding carboxylic acids is 1. The van der Waals surface area contributed by atoms with E-state index in [1.807, 2.05) is 12.1 Å².